The summed E-state index contributed by atoms with van der Waals surface area (Å²) in [6, 6.07) is 18.2. The number of carboxylic acids is 1. The molecule has 3 aromatic rings. The maximum Gasteiger partial charge on any atom is 0.298 e. The SMILES string of the molecule is O=C([O-])c1cccc(-c2ccc(/C=C3\SC(=O)N(c4ccccc4)C3=O)o2)c1. The van der Waals surface area contributed by atoms with Crippen molar-refractivity contribution in [2.24, 2.45) is 0 Å². The lowest BCUT2D eigenvalue weighted by Crippen LogP contribution is -2.27. The lowest BCUT2D eigenvalue weighted by atomic mass is 10.1. The number of carbonyl (C=O) groups excluding carboxylic acids is 3. The molecule has 2 amide bonds. The van der Waals surface area contributed by atoms with Gasteiger partial charge in [-0.2, -0.15) is 0 Å². The highest BCUT2D eigenvalue weighted by molar-refractivity contribution is 8.19. The molecule has 2 aromatic carbocycles. The topological polar surface area (TPSA) is 90.6 Å². The summed E-state index contributed by atoms with van der Waals surface area (Å²) in [6.07, 6.45) is 1.50. The van der Waals surface area contributed by atoms with Crippen molar-refractivity contribution in [1.82, 2.24) is 0 Å². The minimum absolute atomic E-state index is 0.0411. The minimum atomic E-state index is -1.27. The number of aromatic carboxylic acids is 1. The molecule has 0 N–H and O–H groups in total. The average Bonchev–Trinajstić information content (AvgIpc) is 3.27. The number of para-hydroxylation sites is 1. The number of furan rings is 1. The molecule has 0 bridgehead atoms. The van der Waals surface area contributed by atoms with E-state index in [1.54, 1.807) is 54.6 Å². The van der Waals surface area contributed by atoms with E-state index in [0.717, 1.165) is 16.7 Å². The smallest absolute Gasteiger partial charge is 0.298 e. The summed E-state index contributed by atoms with van der Waals surface area (Å²) in [4.78, 5) is 37.2. The molecule has 138 valence electrons. The second kappa shape index (κ2) is 7.21. The van der Waals surface area contributed by atoms with E-state index in [4.69, 9.17) is 4.42 Å². The fourth-order valence-corrected chi connectivity index (χ4v) is 3.60. The van der Waals surface area contributed by atoms with Gasteiger partial charge in [0.15, 0.2) is 0 Å². The van der Waals surface area contributed by atoms with Crippen molar-refractivity contribution in [3.05, 3.63) is 83.0 Å². The van der Waals surface area contributed by atoms with Crippen LogP contribution < -0.4 is 10.0 Å². The van der Waals surface area contributed by atoms with Gasteiger partial charge in [0.1, 0.15) is 11.5 Å². The van der Waals surface area contributed by atoms with Crippen molar-refractivity contribution in [3.8, 4) is 11.3 Å². The Hall–Kier alpha value is -3.58. The predicted octanol–water partition coefficient (Wildman–Crippen LogP) is 3.55. The summed E-state index contributed by atoms with van der Waals surface area (Å²) in [5, 5.41) is 10.6. The second-order valence-electron chi connectivity index (χ2n) is 5.92. The number of hydrogen-bond acceptors (Lipinski definition) is 6. The minimum Gasteiger partial charge on any atom is -0.545 e. The Balaban J connectivity index is 1.61. The number of benzene rings is 2. The highest BCUT2D eigenvalue weighted by atomic mass is 32.2. The van der Waals surface area contributed by atoms with Gasteiger partial charge in [0.25, 0.3) is 11.1 Å². The van der Waals surface area contributed by atoms with E-state index in [1.165, 1.54) is 18.2 Å². The third-order valence-corrected chi connectivity index (χ3v) is 4.96. The van der Waals surface area contributed by atoms with Crippen molar-refractivity contribution in [2.75, 3.05) is 4.90 Å². The molecule has 6 nitrogen and oxygen atoms in total. The average molecular weight is 390 g/mol. The monoisotopic (exact) mass is 390 g/mol. The zero-order chi connectivity index (χ0) is 19.7. The lowest BCUT2D eigenvalue weighted by molar-refractivity contribution is -0.255. The van der Waals surface area contributed by atoms with Crippen LogP contribution in [0, 0.1) is 0 Å². The highest BCUT2D eigenvalue weighted by Crippen LogP contribution is 2.36. The zero-order valence-electron chi connectivity index (χ0n) is 14.3. The summed E-state index contributed by atoms with van der Waals surface area (Å²) >= 11 is 0.835. The Morgan fingerprint density at radius 1 is 1.00 bits per heavy atom. The standard InChI is InChI=1S/C21H13NO5S/c23-19-18(28-21(26)22(19)15-7-2-1-3-8-15)12-16-9-10-17(27-16)13-5-4-6-14(11-13)20(24)25/h1-12H,(H,24,25)/p-1/b18-12-. The molecule has 1 saturated heterocycles. The van der Waals surface area contributed by atoms with Gasteiger partial charge >= 0.3 is 0 Å². The van der Waals surface area contributed by atoms with E-state index in [9.17, 15) is 19.5 Å². The largest absolute Gasteiger partial charge is 0.545 e. The van der Waals surface area contributed by atoms with E-state index in [-0.39, 0.29) is 15.7 Å². The Morgan fingerprint density at radius 3 is 2.54 bits per heavy atom. The number of imide groups is 1. The number of hydrogen-bond donors (Lipinski definition) is 0. The second-order valence-corrected chi connectivity index (χ2v) is 6.92. The van der Waals surface area contributed by atoms with Crippen molar-refractivity contribution in [2.45, 2.75) is 0 Å². The molecule has 0 spiro atoms. The molecule has 1 aliphatic heterocycles. The van der Waals surface area contributed by atoms with Gasteiger partial charge in [0.2, 0.25) is 0 Å². The van der Waals surface area contributed by atoms with Gasteiger partial charge in [0.05, 0.1) is 16.6 Å². The fourth-order valence-electron chi connectivity index (χ4n) is 2.78. The zero-order valence-corrected chi connectivity index (χ0v) is 15.1. The van der Waals surface area contributed by atoms with E-state index in [0.29, 0.717) is 22.8 Å². The maximum absolute atomic E-state index is 12.6. The first kappa shape index (κ1) is 17.8. The van der Waals surface area contributed by atoms with Gasteiger partial charge in [-0.1, -0.05) is 36.4 Å². The number of rotatable bonds is 4. The van der Waals surface area contributed by atoms with Gasteiger partial charge in [-0.15, -0.1) is 0 Å². The lowest BCUT2D eigenvalue weighted by Gasteiger charge is -2.11. The van der Waals surface area contributed by atoms with Gasteiger partial charge in [0, 0.05) is 11.6 Å². The first-order valence-electron chi connectivity index (χ1n) is 8.27. The molecule has 4 rings (SSSR count). The summed E-state index contributed by atoms with van der Waals surface area (Å²) in [5.41, 5.74) is 1.12. The molecule has 2 heterocycles. The normalized spacial score (nSPS) is 15.4. The Bertz CT molecular complexity index is 1120. The van der Waals surface area contributed by atoms with Crippen molar-refractivity contribution < 1.29 is 23.9 Å². The summed E-state index contributed by atoms with van der Waals surface area (Å²) in [7, 11) is 0. The van der Waals surface area contributed by atoms with Crippen LogP contribution in [0.5, 0.6) is 0 Å². The van der Waals surface area contributed by atoms with Crippen LogP contribution in [0.15, 0.2) is 76.1 Å². The highest BCUT2D eigenvalue weighted by Gasteiger charge is 2.36. The van der Waals surface area contributed by atoms with Crippen LogP contribution in [-0.4, -0.2) is 17.1 Å². The number of amides is 2. The fraction of sp³-hybridized carbons (Fsp3) is 0. The Kier molecular flexibility index (Phi) is 4.58. The molecule has 28 heavy (non-hydrogen) atoms. The van der Waals surface area contributed by atoms with Crippen molar-refractivity contribution in [1.29, 1.82) is 0 Å². The van der Waals surface area contributed by atoms with Crippen LogP contribution >= 0.6 is 11.8 Å². The van der Waals surface area contributed by atoms with E-state index in [2.05, 4.69) is 0 Å². The number of thioether (sulfide) groups is 1. The third-order valence-electron chi connectivity index (χ3n) is 4.09. The molecular formula is C21H12NO5S-. The van der Waals surface area contributed by atoms with Crippen LogP contribution in [0.2, 0.25) is 0 Å². The van der Waals surface area contributed by atoms with Gasteiger partial charge in [-0.25, -0.2) is 4.90 Å². The van der Waals surface area contributed by atoms with E-state index in [1.807, 2.05) is 0 Å². The van der Waals surface area contributed by atoms with Crippen LogP contribution in [0.3, 0.4) is 0 Å². The van der Waals surface area contributed by atoms with Crippen LogP contribution in [0.4, 0.5) is 10.5 Å². The van der Waals surface area contributed by atoms with Gasteiger partial charge in [-0.3, -0.25) is 9.59 Å². The predicted molar refractivity (Wildman–Crippen MR) is 103 cm³/mol. The van der Waals surface area contributed by atoms with E-state index >= 15 is 0 Å². The molecule has 0 aliphatic carbocycles. The first-order chi connectivity index (χ1) is 13.5. The van der Waals surface area contributed by atoms with Crippen molar-refractivity contribution >= 4 is 40.6 Å². The Labute approximate surface area is 164 Å². The molecule has 0 unspecified atom stereocenters. The van der Waals surface area contributed by atoms with Crippen molar-refractivity contribution in [3.63, 3.8) is 0 Å². The van der Waals surface area contributed by atoms with Crippen LogP contribution in [0.25, 0.3) is 17.4 Å². The molecular weight excluding hydrogens is 378 g/mol. The van der Waals surface area contributed by atoms with Crippen LogP contribution in [0.1, 0.15) is 16.1 Å². The first-order valence-corrected chi connectivity index (χ1v) is 9.09. The number of carboxylic acid groups (broad SMARTS) is 1. The molecule has 1 aromatic heterocycles. The molecule has 0 atom stereocenters. The van der Waals surface area contributed by atoms with Gasteiger partial charge < -0.3 is 14.3 Å². The summed E-state index contributed by atoms with van der Waals surface area (Å²) in [6.45, 7) is 0. The number of nitrogens with zero attached hydrogens (tertiary/aromatic N) is 1. The number of anilines is 1. The Morgan fingerprint density at radius 2 is 1.79 bits per heavy atom. The quantitative estimate of drug-likeness (QED) is 0.633. The molecule has 0 radical (unpaired) electrons. The number of carbonyl (C=O) groups is 3. The third kappa shape index (κ3) is 3.35. The molecule has 7 heteroatoms. The molecule has 0 saturated carbocycles. The van der Waals surface area contributed by atoms with Crippen LogP contribution in [-0.2, 0) is 4.79 Å². The van der Waals surface area contributed by atoms with E-state index < -0.39 is 11.9 Å². The van der Waals surface area contributed by atoms with Gasteiger partial charge in [-0.05, 0) is 47.7 Å². The molecule has 1 fully saturated rings. The maximum atomic E-state index is 12.6. The summed E-state index contributed by atoms with van der Waals surface area (Å²) in [5.74, 6) is -0.870. The molecule has 1 aliphatic rings. The summed E-state index contributed by atoms with van der Waals surface area (Å²) < 4.78 is 5.71.